The lowest BCUT2D eigenvalue weighted by Crippen LogP contribution is -2.34. The first kappa shape index (κ1) is 17.6. The summed E-state index contributed by atoms with van der Waals surface area (Å²) in [6.45, 7) is 2.19. The molecule has 0 radical (unpaired) electrons. The van der Waals surface area contributed by atoms with Crippen LogP contribution in [-0.4, -0.2) is 25.3 Å². The number of carbonyl (C=O) groups excluding carboxylic acids is 1. The van der Waals surface area contributed by atoms with Gasteiger partial charge in [0.05, 0.1) is 23.5 Å². The second-order valence-electron chi connectivity index (χ2n) is 6.94. The molecule has 0 bridgehead atoms. The maximum atomic E-state index is 12.9. The van der Waals surface area contributed by atoms with Crippen LogP contribution in [0.15, 0.2) is 63.3 Å². The fraction of sp³-hybridized carbons (Fsp3) is 0.217. The molecule has 5 rings (SSSR count). The molecule has 2 unspecified atom stereocenters. The van der Waals surface area contributed by atoms with Crippen molar-refractivity contribution in [2.75, 3.05) is 13.2 Å². The topological polar surface area (TPSA) is 75.0 Å². The Morgan fingerprint density at radius 1 is 1.14 bits per heavy atom. The molecule has 6 nitrogen and oxygen atoms in total. The molecule has 0 N–H and O–H groups in total. The lowest BCUT2D eigenvalue weighted by atomic mass is 9.86. The predicted octanol–water partition coefficient (Wildman–Crippen LogP) is 3.68. The molecule has 2 aromatic carbocycles. The van der Waals surface area contributed by atoms with Gasteiger partial charge in [-0.15, -0.1) is 0 Å². The Morgan fingerprint density at radius 2 is 1.93 bits per heavy atom. The van der Waals surface area contributed by atoms with Crippen LogP contribution < -0.4 is 15.1 Å². The van der Waals surface area contributed by atoms with E-state index in [1.165, 1.54) is 0 Å². The van der Waals surface area contributed by atoms with Crippen molar-refractivity contribution in [1.29, 1.82) is 0 Å². The van der Waals surface area contributed by atoms with E-state index < -0.39 is 23.6 Å². The van der Waals surface area contributed by atoms with Crippen molar-refractivity contribution in [3.63, 3.8) is 0 Å². The van der Waals surface area contributed by atoms with Crippen molar-refractivity contribution in [2.45, 2.75) is 18.9 Å². The third-order valence-corrected chi connectivity index (χ3v) is 5.23. The predicted molar refractivity (Wildman–Crippen MR) is 106 cm³/mol. The number of rotatable bonds is 3. The van der Waals surface area contributed by atoms with E-state index in [0.717, 1.165) is 16.9 Å². The summed E-state index contributed by atoms with van der Waals surface area (Å²) >= 11 is 0. The molecular formula is C23H18O6. The van der Waals surface area contributed by atoms with Crippen LogP contribution in [0.25, 0.3) is 17.0 Å². The summed E-state index contributed by atoms with van der Waals surface area (Å²) in [6.07, 6.45) is 0.974. The van der Waals surface area contributed by atoms with Crippen molar-refractivity contribution >= 4 is 23.0 Å². The summed E-state index contributed by atoms with van der Waals surface area (Å²) in [5.74, 6) is -0.0246. The lowest BCUT2D eigenvalue weighted by Gasteiger charge is -2.24. The summed E-state index contributed by atoms with van der Waals surface area (Å²) in [7, 11) is 0. The van der Waals surface area contributed by atoms with Crippen molar-refractivity contribution in [3.05, 3.63) is 75.7 Å². The van der Waals surface area contributed by atoms with Gasteiger partial charge in [-0.05, 0) is 36.8 Å². The second-order valence-corrected chi connectivity index (χ2v) is 6.94. The van der Waals surface area contributed by atoms with Crippen molar-refractivity contribution < 1.29 is 23.4 Å². The lowest BCUT2D eigenvalue weighted by molar-refractivity contribution is -0.151. The molecule has 0 spiro atoms. The Morgan fingerprint density at radius 3 is 2.79 bits per heavy atom. The Labute approximate surface area is 166 Å². The minimum absolute atomic E-state index is 0.218. The number of benzene rings is 2. The average Bonchev–Trinajstić information content (AvgIpc) is 3.15. The first-order chi connectivity index (χ1) is 14.2. The smallest absolute Gasteiger partial charge is 0.348 e. The van der Waals surface area contributed by atoms with Gasteiger partial charge in [-0.3, -0.25) is 0 Å². The molecule has 6 heteroatoms. The molecule has 2 aliphatic heterocycles. The van der Waals surface area contributed by atoms with Crippen molar-refractivity contribution in [1.82, 2.24) is 0 Å². The van der Waals surface area contributed by atoms with Crippen LogP contribution in [0.1, 0.15) is 24.0 Å². The number of para-hydroxylation sites is 2. The zero-order valence-corrected chi connectivity index (χ0v) is 15.7. The summed E-state index contributed by atoms with van der Waals surface area (Å²) in [5.41, 5.74) is 1.88. The molecule has 0 saturated heterocycles. The maximum Gasteiger partial charge on any atom is 0.348 e. The molecule has 2 atom stereocenters. The van der Waals surface area contributed by atoms with Gasteiger partial charge in [-0.1, -0.05) is 30.3 Å². The Hall–Kier alpha value is -3.54. The monoisotopic (exact) mass is 390 g/mol. The van der Waals surface area contributed by atoms with Crippen LogP contribution in [0.2, 0.25) is 0 Å². The van der Waals surface area contributed by atoms with Gasteiger partial charge in [0.2, 0.25) is 6.10 Å². The highest BCUT2D eigenvalue weighted by Crippen LogP contribution is 2.46. The molecule has 0 fully saturated rings. The van der Waals surface area contributed by atoms with Gasteiger partial charge in [0.25, 0.3) is 0 Å². The van der Waals surface area contributed by atoms with E-state index in [4.69, 9.17) is 18.6 Å². The summed E-state index contributed by atoms with van der Waals surface area (Å²) in [5, 5.41) is 0.650. The van der Waals surface area contributed by atoms with Gasteiger partial charge in [0, 0.05) is 5.56 Å². The van der Waals surface area contributed by atoms with Crippen LogP contribution in [0.5, 0.6) is 11.5 Å². The minimum Gasteiger partial charge on any atom is -0.489 e. The number of ether oxygens (including phenoxy) is 3. The van der Waals surface area contributed by atoms with Crippen molar-refractivity contribution in [3.8, 4) is 11.5 Å². The largest absolute Gasteiger partial charge is 0.489 e. The fourth-order valence-electron chi connectivity index (χ4n) is 3.98. The van der Waals surface area contributed by atoms with Crippen LogP contribution in [0, 0.1) is 0 Å². The zero-order chi connectivity index (χ0) is 20.0. The molecule has 0 saturated carbocycles. The normalized spacial score (nSPS) is 19.6. The second kappa shape index (κ2) is 6.81. The van der Waals surface area contributed by atoms with E-state index in [1.54, 1.807) is 19.1 Å². The fourth-order valence-corrected chi connectivity index (χ4v) is 3.98. The Balaban J connectivity index is 1.70. The molecule has 146 valence electrons. The molecule has 3 heterocycles. The third-order valence-electron chi connectivity index (χ3n) is 5.23. The van der Waals surface area contributed by atoms with Crippen LogP contribution in [-0.2, 0) is 9.53 Å². The van der Waals surface area contributed by atoms with Crippen LogP contribution in [0.3, 0.4) is 0 Å². The van der Waals surface area contributed by atoms with E-state index in [2.05, 4.69) is 0 Å². The minimum atomic E-state index is -0.973. The van der Waals surface area contributed by atoms with Crippen LogP contribution in [0.4, 0.5) is 0 Å². The molecule has 3 aromatic rings. The van der Waals surface area contributed by atoms with Crippen LogP contribution >= 0.6 is 0 Å². The highest BCUT2D eigenvalue weighted by atomic mass is 16.6. The van der Waals surface area contributed by atoms with Gasteiger partial charge >= 0.3 is 11.6 Å². The van der Waals surface area contributed by atoms with Gasteiger partial charge in [-0.2, -0.15) is 0 Å². The molecule has 0 aliphatic carbocycles. The number of hydrogen-bond acceptors (Lipinski definition) is 6. The average molecular weight is 390 g/mol. The van der Waals surface area contributed by atoms with E-state index in [1.807, 2.05) is 42.5 Å². The number of esters is 1. The van der Waals surface area contributed by atoms with E-state index in [9.17, 15) is 9.59 Å². The SMILES string of the molecule is CCOC(=O)C1Oc2c(c(=O)oc3ccccc23)C1C1=Cc2ccccc2OC1. The number of carbonyl (C=O) groups is 1. The van der Waals surface area contributed by atoms with Crippen molar-refractivity contribution in [2.24, 2.45) is 0 Å². The zero-order valence-electron chi connectivity index (χ0n) is 15.7. The Kier molecular flexibility index (Phi) is 4.12. The van der Waals surface area contributed by atoms with Gasteiger partial charge in [0.15, 0.2) is 0 Å². The summed E-state index contributed by atoms with van der Waals surface area (Å²) < 4.78 is 22.7. The number of hydrogen-bond donors (Lipinski definition) is 0. The third kappa shape index (κ3) is 2.79. The standard InChI is InChI=1S/C23H18O6/c1-2-26-23(25)21-18(14-11-13-7-3-5-9-16(13)27-12-14)19-20(29-21)15-8-4-6-10-17(15)28-22(19)24/h3-11,18,21H,2,12H2,1H3. The molecular weight excluding hydrogens is 372 g/mol. The van der Waals surface area contributed by atoms with Gasteiger partial charge in [-0.25, -0.2) is 9.59 Å². The summed E-state index contributed by atoms with van der Waals surface area (Å²) in [4.78, 5) is 25.6. The molecule has 2 aliphatic rings. The highest BCUT2D eigenvalue weighted by molar-refractivity contribution is 5.89. The first-order valence-electron chi connectivity index (χ1n) is 9.48. The molecule has 29 heavy (non-hydrogen) atoms. The molecule has 1 aromatic heterocycles. The van der Waals surface area contributed by atoms with E-state index in [-0.39, 0.29) is 13.2 Å². The quantitative estimate of drug-likeness (QED) is 0.502. The highest BCUT2D eigenvalue weighted by Gasteiger charge is 2.46. The summed E-state index contributed by atoms with van der Waals surface area (Å²) in [6, 6.07) is 14.7. The molecule has 0 amide bonds. The van der Waals surface area contributed by atoms with E-state index >= 15 is 0 Å². The Bertz CT molecular complexity index is 1210. The number of fused-ring (bicyclic) bond motifs is 4. The van der Waals surface area contributed by atoms with Gasteiger partial charge < -0.3 is 18.6 Å². The van der Waals surface area contributed by atoms with E-state index in [0.29, 0.717) is 22.3 Å². The first-order valence-corrected chi connectivity index (χ1v) is 9.48. The maximum absolute atomic E-state index is 12.9. The van der Waals surface area contributed by atoms with Gasteiger partial charge in [0.1, 0.15) is 23.7 Å².